The van der Waals surface area contributed by atoms with Crippen molar-refractivity contribution in [1.82, 2.24) is 29.9 Å². The Labute approximate surface area is 221 Å². The summed E-state index contributed by atoms with van der Waals surface area (Å²) in [7, 11) is 0. The number of carbonyl (C=O) groups is 1. The van der Waals surface area contributed by atoms with Crippen molar-refractivity contribution in [1.29, 1.82) is 0 Å². The van der Waals surface area contributed by atoms with E-state index in [1.54, 1.807) is 25.3 Å². The summed E-state index contributed by atoms with van der Waals surface area (Å²) >= 11 is 0. The minimum absolute atomic E-state index is 0.00847. The third-order valence-electron chi connectivity index (χ3n) is 6.15. The number of β-amino-alcohol motifs (C(OH)–C–C–N with tert-alkyl or cyclic N) is 1. The molecule has 1 fully saturated rings. The van der Waals surface area contributed by atoms with Crippen LogP contribution in [0, 0.1) is 6.92 Å². The van der Waals surface area contributed by atoms with Crippen LogP contribution in [-0.2, 0) is 17.5 Å². The minimum Gasteiger partial charge on any atom is -0.445 e. The fourth-order valence-electron chi connectivity index (χ4n) is 4.21. The molecule has 0 bridgehead atoms. The maximum atomic E-state index is 13.1. The number of aliphatic hydroxyl groups excluding tert-OH is 1. The lowest BCUT2D eigenvalue weighted by molar-refractivity contribution is -0.137. The zero-order chi connectivity index (χ0) is 27.6. The molecule has 5 rings (SSSR count). The van der Waals surface area contributed by atoms with Crippen LogP contribution in [0.15, 0.2) is 67.0 Å². The van der Waals surface area contributed by atoms with Crippen LogP contribution in [-0.4, -0.2) is 60.3 Å². The summed E-state index contributed by atoms with van der Waals surface area (Å²) in [6.07, 6.45) is -3.26. The van der Waals surface area contributed by atoms with Crippen LogP contribution in [0.1, 0.15) is 22.7 Å². The number of benzene rings is 1. The largest absolute Gasteiger partial charge is 0.445 e. The summed E-state index contributed by atoms with van der Waals surface area (Å²) in [5, 5.41) is 21.7. The van der Waals surface area contributed by atoms with Gasteiger partial charge in [0.2, 0.25) is 0 Å². The van der Waals surface area contributed by atoms with Crippen LogP contribution in [0.3, 0.4) is 0 Å². The number of likely N-dealkylation sites (tertiary alicyclic amines) is 1. The van der Waals surface area contributed by atoms with E-state index in [9.17, 15) is 23.1 Å². The van der Waals surface area contributed by atoms with Gasteiger partial charge in [-0.05, 0) is 42.3 Å². The number of aryl methyl sites for hydroxylation is 1. The normalized spacial score (nSPS) is 17.3. The molecule has 1 aliphatic heterocycles. The molecule has 3 aromatic heterocycles. The lowest BCUT2D eigenvalue weighted by Gasteiger charge is -2.16. The van der Waals surface area contributed by atoms with Gasteiger partial charge < -0.3 is 20.1 Å². The number of nitrogens with zero attached hydrogens (tertiary/aromatic N) is 6. The molecule has 2 N–H and O–H groups in total. The van der Waals surface area contributed by atoms with Crippen molar-refractivity contribution in [2.24, 2.45) is 0 Å². The fraction of sp³-hybridized carbons (Fsp3) is 0.269. The van der Waals surface area contributed by atoms with E-state index in [4.69, 9.17) is 4.74 Å². The van der Waals surface area contributed by atoms with Gasteiger partial charge in [-0.3, -0.25) is 0 Å². The number of nitrogens with one attached hydrogen (secondary N) is 1. The van der Waals surface area contributed by atoms with Gasteiger partial charge in [-0.15, -0.1) is 5.10 Å². The van der Waals surface area contributed by atoms with Crippen LogP contribution in [0.5, 0.6) is 0 Å². The van der Waals surface area contributed by atoms with E-state index in [-0.39, 0.29) is 31.3 Å². The average Bonchev–Trinajstić information content (AvgIpc) is 3.54. The molecule has 10 nitrogen and oxygen atoms in total. The van der Waals surface area contributed by atoms with Gasteiger partial charge in [-0.2, -0.15) is 13.2 Å². The van der Waals surface area contributed by atoms with Gasteiger partial charge in [0.15, 0.2) is 0 Å². The summed E-state index contributed by atoms with van der Waals surface area (Å²) in [4.78, 5) is 22.3. The third kappa shape index (κ3) is 6.14. The van der Waals surface area contributed by atoms with Gasteiger partial charge in [0, 0.05) is 12.7 Å². The molecule has 0 saturated carbocycles. The maximum Gasteiger partial charge on any atom is 0.416 e. The predicted molar refractivity (Wildman–Crippen MR) is 134 cm³/mol. The van der Waals surface area contributed by atoms with Crippen molar-refractivity contribution in [3.05, 3.63) is 83.7 Å². The first-order chi connectivity index (χ1) is 18.7. The molecule has 13 heteroatoms. The highest BCUT2D eigenvalue weighted by Crippen LogP contribution is 2.31. The number of aromatic nitrogens is 5. The lowest BCUT2D eigenvalue weighted by Crippen LogP contribution is -2.30. The second-order valence-corrected chi connectivity index (χ2v) is 9.13. The van der Waals surface area contributed by atoms with E-state index >= 15 is 0 Å². The van der Waals surface area contributed by atoms with E-state index in [1.165, 1.54) is 9.58 Å². The van der Waals surface area contributed by atoms with Crippen molar-refractivity contribution >= 4 is 17.7 Å². The second-order valence-electron chi connectivity index (χ2n) is 9.13. The van der Waals surface area contributed by atoms with E-state index in [0.717, 1.165) is 29.5 Å². The Morgan fingerprint density at radius 1 is 1.10 bits per heavy atom. The second kappa shape index (κ2) is 10.7. The Hall–Kier alpha value is -4.52. The van der Waals surface area contributed by atoms with Crippen molar-refractivity contribution < 1.29 is 27.8 Å². The zero-order valence-electron chi connectivity index (χ0n) is 20.7. The Balaban J connectivity index is 1.27. The first kappa shape index (κ1) is 26.1. The molecule has 2 atom stereocenters. The molecule has 1 saturated heterocycles. The number of alkyl halides is 3. The SMILES string of the molecule is Cc1cc(Nc2cc(C(F)(F)F)ccn2)nc(-c2cn([C@@H]3CN(C(=O)OCc4ccccc4)C[C@H]3O)nn2)c1. The monoisotopic (exact) mass is 539 g/mol. The summed E-state index contributed by atoms with van der Waals surface area (Å²) < 4.78 is 46.0. The summed E-state index contributed by atoms with van der Waals surface area (Å²) in [6, 6.07) is 13.9. The fourth-order valence-corrected chi connectivity index (χ4v) is 4.21. The molecule has 1 amide bonds. The first-order valence-electron chi connectivity index (χ1n) is 12.0. The number of hydrogen-bond donors (Lipinski definition) is 2. The molecule has 39 heavy (non-hydrogen) atoms. The minimum atomic E-state index is -4.50. The summed E-state index contributed by atoms with van der Waals surface area (Å²) in [6.45, 7) is 2.18. The Bertz CT molecular complexity index is 1460. The van der Waals surface area contributed by atoms with Crippen molar-refractivity contribution in [2.75, 3.05) is 18.4 Å². The van der Waals surface area contributed by atoms with Crippen molar-refractivity contribution in [2.45, 2.75) is 31.9 Å². The highest BCUT2D eigenvalue weighted by molar-refractivity contribution is 5.68. The predicted octanol–water partition coefficient (Wildman–Crippen LogP) is 4.36. The van der Waals surface area contributed by atoms with Crippen molar-refractivity contribution in [3.8, 4) is 11.4 Å². The van der Waals surface area contributed by atoms with Gasteiger partial charge in [-0.1, -0.05) is 35.5 Å². The number of halogens is 3. The van der Waals surface area contributed by atoms with Crippen LogP contribution in [0.25, 0.3) is 11.4 Å². The average molecular weight is 540 g/mol. The van der Waals surface area contributed by atoms with Crippen LogP contribution in [0.2, 0.25) is 0 Å². The Morgan fingerprint density at radius 3 is 2.67 bits per heavy atom. The highest BCUT2D eigenvalue weighted by atomic mass is 19.4. The number of hydrogen-bond acceptors (Lipinski definition) is 8. The van der Waals surface area contributed by atoms with E-state index in [2.05, 4.69) is 25.6 Å². The van der Waals surface area contributed by atoms with Gasteiger partial charge in [0.25, 0.3) is 0 Å². The number of rotatable bonds is 6. The topological polar surface area (TPSA) is 118 Å². The summed E-state index contributed by atoms with van der Waals surface area (Å²) in [5.41, 5.74) is 1.60. The first-order valence-corrected chi connectivity index (χ1v) is 12.0. The molecule has 4 heterocycles. The Morgan fingerprint density at radius 2 is 1.90 bits per heavy atom. The number of carbonyl (C=O) groups excluding carboxylic acids is 1. The van der Waals surface area contributed by atoms with Gasteiger partial charge in [-0.25, -0.2) is 19.4 Å². The molecule has 0 spiro atoms. The number of aliphatic hydroxyl groups is 1. The van der Waals surface area contributed by atoms with Gasteiger partial charge in [0.05, 0.1) is 36.1 Å². The molecule has 0 aliphatic carbocycles. The molecule has 1 aromatic carbocycles. The molecule has 1 aliphatic rings. The van der Waals surface area contributed by atoms with Gasteiger partial charge in [0.1, 0.15) is 23.9 Å². The molecule has 0 radical (unpaired) electrons. The van der Waals surface area contributed by atoms with Crippen LogP contribution in [0.4, 0.5) is 29.6 Å². The van der Waals surface area contributed by atoms with Crippen LogP contribution < -0.4 is 5.32 Å². The number of pyridine rings is 2. The number of anilines is 2. The molecular formula is C26H24F3N7O3. The third-order valence-corrected chi connectivity index (χ3v) is 6.15. The van der Waals surface area contributed by atoms with Crippen LogP contribution >= 0.6 is 0 Å². The van der Waals surface area contributed by atoms with E-state index in [1.807, 2.05) is 30.3 Å². The highest BCUT2D eigenvalue weighted by Gasteiger charge is 2.37. The molecular weight excluding hydrogens is 515 g/mol. The lowest BCUT2D eigenvalue weighted by atomic mass is 10.2. The molecule has 202 valence electrons. The maximum absolute atomic E-state index is 13.1. The standard InChI is InChI=1S/C26H24F3N7O3/c1-16-9-19(31-24(10-16)32-23-11-18(7-8-30-23)26(27,28)29)20-12-36(34-33-20)21-13-35(14-22(21)37)25(38)39-15-17-5-3-2-4-6-17/h2-12,21-22,37H,13-15H2,1H3,(H,30,31,32)/t21-,22-/m1/s1. The smallest absolute Gasteiger partial charge is 0.416 e. The van der Waals surface area contributed by atoms with Gasteiger partial charge >= 0.3 is 12.3 Å². The Kier molecular flexibility index (Phi) is 7.15. The number of amides is 1. The quantitative estimate of drug-likeness (QED) is 0.371. The summed E-state index contributed by atoms with van der Waals surface area (Å²) in [5.74, 6) is 0.269. The zero-order valence-corrected chi connectivity index (χ0v) is 20.7. The molecule has 4 aromatic rings. The molecule has 0 unspecified atom stereocenters. The van der Waals surface area contributed by atoms with Crippen molar-refractivity contribution in [3.63, 3.8) is 0 Å². The number of ether oxygens (including phenoxy) is 1. The van der Waals surface area contributed by atoms with E-state index in [0.29, 0.717) is 11.4 Å². The van der Waals surface area contributed by atoms with E-state index < -0.39 is 30.0 Å².